The van der Waals surface area contributed by atoms with Gasteiger partial charge in [0.1, 0.15) is 17.3 Å². The van der Waals surface area contributed by atoms with E-state index in [9.17, 15) is 9.36 Å². The number of benzene rings is 1. The topological polar surface area (TPSA) is 153 Å². The Kier molecular flexibility index (Phi) is 8.27. The molecule has 1 saturated heterocycles. The minimum atomic E-state index is -4.16. The lowest BCUT2D eigenvalue weighted by Crippen LogP contribution is -2.37. The van der Waals surface area contributed by atoms with Gasteiger partial charge >= 0.3 is 13.7 Å². The average molecular weight is 565 g/mol. The molecule has 3 aromatic rings. The Hall–Kier alpha value is -3.12. The van der Waals surface area contributed by atoms with Crippen LogP contribution in [-0.2, 0) is 23.4 Å². The fourth-order valence-corrected chi connectivity index (χ4v) is 5.78. The van der Waals surface area contributed by atoms with Gasteiger partial charge in [0.2, 0.25) is 5.95 Å². The summed E-state index contributed by atoms with van der Waals surface area (Å²) < 4.78 is 54.1. The molecule has 3 heterocycles. The SMILES string of the molecule is Cc1nc(N)nc2c1ncn2C1OC(COP(=O)(N[C@@H](C)C(=O)OC(C)C)Oc2ccccc2)[C@@H](C)[C@@]1(C)F. The van der Waals surface area contributed by atoms with Crippen LogP contribution in [0.15, 0.2) is 36.7 Å². The number of nitrogens with one attached hydrogen (secondary N) is 1. The molecule has 2 aromatic heterocycles. The summed E-state index contributed by atoms with van der Waals surface area (Å²) in [6.07, 6.45) is -0.901. The molecule has 6 atom stereocenters. The third-order valence-corrected chi connectivity index (χ3v) is 8.18. The highest BCUT2D eigenvalue weighted by Gasteiger charge is 2.54. The fourth-order valence-electron chi connectivity index (χ4n) is 4.28. The molecule has 14 heteroatoms. The Morgan fingerprint density at radius 1 is 1.28 bits per heavy atom. The van der Waals surface area contributed by atoms with E-state index in [0.717, 1.165) is 0 Å². The lowest BCUT2D eigenvalue weighted by atomic mass is 9.90. The number of anilines is 1. The summed E-state index contributed by atoms with van der Waals surface area (Å²) in [6.45, 7) is 9.40. The lowest BCUT2D eigenvalue weighted by molar-refractivity contribution is -0.149. The first kappa shape index (κ1) is 28.9. The van der Waals surface area contributed by atoms with Crippen molar-refractivity contribution < 1.29 is 32.3 Å². The van der Waals surface area contributed by atoms with E-state index in [0.29, 0.717) is 16.9 Å². The molecule has 1 fully saturated rings. The van der Waals surface area contributed by atoms with Gasteiger partial charge in [-0.3, -0.25) is 13.9 Å². The van der Waals surface area contributed by atoms with E-state index in [1.807, 2.05) is 0 Å². The Labute approximate surface area is 226 Å². The van der Waals surface area contributed by atoms with Crippen LogP contribution < -0.4 is 15.3 Å². The van der Waals surface area contributed by atoms with Gasteiger partial charge in [-0.1, -0.05) is 25.1 Å². The molecule has 1 aromatic carbocycles. The molecule has 0 spiro atoms. The number of para-hydroxylation sites is 1. The predicted octanol–water partition coefficient (Wildman–Crippen LogP) is 4.11. The number of carbonyl (C=O) groups is 1. The van der Waals surface area contributed by atoms with Crippen molar-refractivity contribution in [3.05, 3.63) is 42.4 Å². The van der Waals surface area contributed by atoms with Gasteiger partial charge in [-0.05, 0) is 46.8 Å². The summed E-state index contributed by atoms with van der Waals surface area (Å²) >= 11 is 0. The molecule has 3 N–H and O–H groups in total. The van der Waals surface area contributed by atoms with Crippen LogP contribution in [0.5, 0.6) is 5.75 Å². The minimum Gasteiger partial charge on any atom is -0.462 e. The number of halogens is 1. The molecule has 0 amide bonds. The number of hydrogen-bond donors (Lipinski definition) is 2. The molecular weight excluding hydrogens is 530 g/mol. The third-order valence-electron chi connectivity index (χ3n) is 6.53. The second kappa shape index (κ2) is 11.2. The highest BCUT2D eigenvalue weighted by atomic mass is 31.2. The fraction of sp³-hybridized carbons (Fsp3) is 0.520. The molecule has 4 rings (SSSR count). The van der Waals surface area contributed by atoms with Gasteiger partial charge in [-0.25, -0.2) is 18.9 Å². The van der Waals surface area contributed by atoms with Gasteiger partial charge < -0.3 is 19.7 Å². The summed E-state index contributed by atoms with van der Waals surface area (Å²) in [5.41, 5.74) is 5.29. The van der Waals surface area contributed by atoms with Crippen LogP contribution in [0.25, 0.3) is 11.2 Å². The zero-order chi connectivity index (χ0) is 28.5. The smallest absolute Gasteiger partial charge is 0.459 e. The molecule has 212 valence electrons. The summed E-state index contributed by atoms with van der Waals surface area (Å²) in [4.78, 5) is 25.0. The van der Waals surface area contributed by atoms with Crippen LogP contribution in [-0.4, -0.2) is 56.0 Å². The van der Waals surface area contributed by atoms with Crippen LogP contribution in [0.4, 0.5) is 10.3 Å². The Morgan fingerprint density at radius 2 is 1.97 bits per heavy atom. The van der Waals surface area contributed by atoms with E-state index in [4.69, 9.17) is 24.3 Å². The van der Waals surface area contributed by atoms with Gasteiger partial charge in [0, 0.05) is 5.92 Å². The van der Waals surface area contributed by atoms with E-state index in [-0.39, 0.29) is 24.4 Å². The van der Waals surface area contributed by atoms with Crippen LogP contribution in [0.1, 0.15) is 46.5 Å². The number of fused-ring (bicyclic) bond motifs is 1. The zero-order valence-corrected chi connectivity index (χ0v) is 23.6. The maximum Gasteiger partial charge on any atom is 0.459 e. The van der Waals surface area contributed by atoms with Crippen molar-refractivity contribution in [1.29, 1.82) is 0 Å². The van der Waals surface area contributed by atoms with Crippen molar-refractivity contribution in [2.45, 2.75) is 71.7 Å². The van der Waals surface area contributed by atoms with E-state index >= 15 is 4.39 Å². The molecule has 0 radical (unpaired) electrons. The third kappa shape index (κ3) is 6.22. The van der Waals surface area contributed by atoms with Gasteiger partial charge in [0.05, 0.1) is 30.8 Å². The number of esters is 1. The van der Waals surface area contributed by atoms with Crippen molar-refractivity contribution in [2.24, 2.45) is 5.92 Å². The molecule has 0 bridgehead atoms. The number of hydrogen-bond acceptors (Lipinski definition) is 10. The van der Waals surface area contributed by atoms with Gasteiger partial charge in [-0.15, -0.1) is 0 Å². The maximum atomic E-state index is 16.1. The Balaban J connectivity index is 1.55. The minimum absolute atomic E-state index is 0.0310. The second-order valence-corrected chi connectivity index (χ2v) is 11.7. The maximum absolute atomic E-state index is 16.1. The van der Waals surface area contributed by atoms with Crippen molar-refractivity contribution in [2.75, 3.05) is 12.3 Å². The summed E-state index contributed by atoms with van der Waals surface area (Å²) in [6, 6.07) is 7.34. The molecule has 39 heavy (non-hydrogen) atoms. The van der Waals surface area contributed by atoms with Crippen molar-refractivity contribution in [3.8, 4) is 5.75 Å². The summed E-state index contributed by atoms with van der Waals surface area (Å²) in [7, 11) is -4.16. The number of carbonyl (C=O) groups excluding carboxylic acids is 1. The number of aromatic nitrogens is 4. The van der Waals surface area contributed by atoms with Crippen molar-refractivity contribution in [3.63, 3.8) is 0 Å². The van der Waals surface area contributed by atoms with Crippen molar-refractivity contribution in [1.82, 2.24) is 24.6 Å². The van der Waals surface area contributed by atoms with Gasteiger partial charge in [0.15, 0.2) is 17.5 Å². The summed E-state index contributed by atoms with van der Waals surface area (Å²) in [5, 5.41) is 2.62. The van der Waals surface area contributed by atoms with E-state index in [1.165, 1.54) is 24.7 Å². The standard InChI is InChI=1S/C25H34FN6O6P/c1-14(2)36-22(33)17(5)31-39(34,38-18-10-8-7-9-11-18)35-12-19-15(3)25(6,26)23(37-19)32-13-28-20-16(4)29-24(27)30-21(20)32/h7-11,13-15,17,19,23H,12H2,1-6H3,(H,31,34)(H2,27,29,30)/t15-,17+,19?,23?,25-,39?/m1/s1. The highest BCUT2D eigenvalue weighted by Crippen LogP contribution is 2.49. The average Bonchev–Trinajstić information content (AvgIpc) is 3.36. The number of nitrogens with two attached hydrogens (primary N) is 1. The molecule has 3 unspecified atom stereocenters. The Morgan fingerprint density at radius 3 is 2.64 bits per heavy atom. The van der Waals surface area contributed by atoms with Crippen LogP contribution in [0, 0.1) is 12.8 Å². The zero-order valence-electron chi connectivity index (χ0n) is 22.7. The van der Waals surface area contributed by atoms with Crippen LogP contribution >= 0.6 is 7.75 Å². The normalized spacial score (nSPS) is 25.5. The van der Waals surface area contributed by atoms with E-state index in [2.05, 4.69) is 20.0 Å². The summed E-state index contributed by atoms with van der Waals surface area (Å²) in [5.74, 6) is -1.04. The Bertz CT molecular complexity index is 1370. The predicted molar refractivity (Wildman–Crippen MR) is 142 cm³/mol. The van der Waals surface area contributed by atoms with Gasteiger partial charge in [-0.2, -0.15) is 10.1 Å². The number of ether oxygens (including phenoxy) is 2. The van der Waals surface area contributed by atoms with Gasteiger partial charge in [0.25, 0.3) is 0 Å². The quantitative estimate of drug-likeness (QED) is 0.270. The molecule has 0 aliphatic carbocycles. The number of imidazole rings is 1. The van der Waals surface area contributed by atoms with Crippen LogP contribution in [0.3, 0.4) is 0 Å². The molecule has 12 nitrogen and oxygen atoms in total. The largest absolute Gasteiger partial charge is 0.462 e. The first-order valence-corrected chi connectivity index (χ1v) is 14.1. The number of alkyl halides is 1. The number of rotatable bonds is 10. The van der Waals surface area contributed by atoms with E-state index < -0.39 is 43.7 Å². The van der Waals surface area contributed by atoms with E-state index in [1.54, 1.807) is 58.0 Å². The number of nitrogens with zero attached hydrogens (tertiary/aromatic N) is 4. The number of nitrogen functional groups attached to an aromatic ring is 1. The second-order valence-electron chi connectivity index (χ2n) is 9.99. The first-order valence-electron chi connectivity index (χ1n) is 12.6. The van der Waals surface area contributed by atoms with Crippen LogP contribution in [0.2, 0.25) is 0 Å². The monoisotopic (exact) mass is 564 g/mol. The molecule has 1 aliphatic heterocycles. The lowest BCUT2D eigenvalue weighted by Gasteiger charge is -2.26. The van der Waals surface area contributed by atoms with Crippen molar-refractivity contribution >= 4 is 30.8 Å². The number of aryl methyl sites for hydroxylation is 1. The molecule has 0 saturated carbocycles. The highest BCUT2D eigenvalue weighted by molar-refractivity contribution is 7.52. The first-order chi connectivity index (χ1) is 18.3. The molecular formula is C25H34FN6O6P. The molecule has 1 aliphatic rings.